The maximum absolute atomic E-state index is 11.4. The average molecular weight is 237 g/mol. The lowest BCUT2D eigenvalue weighted by molar-refractivity contribution is 0.0635. The minimum absolute atomic E-state index is 0.338. The number of anilines is 1. The van der Waals surface area contributed by atoms with Crippen LogP contribution in [0.25, 0.3) is 0 Å². The van der Waals surface area contributed by atoms with Gasteiger partial charge < -0.3 is 14.4 Å². The summed E-state index contributed by atoms with van der Waals surface area (Å²) in [7, 11) is 0.554. The fourth-order valence-electron chi connectivity index (χ4n) is 0.993. The van der Waals surface area contributed by atoms with Gasteiger partial charge in [0.15, 0.2) is 0 Å². The van der Waals surface area contributed by atoms with Crippen LogP contribution in [0.5, 0.6) is 5.75 Å². The van der Waals surface area contributed by atoms with Gasteiger partial charge in [0.25, 0.3) is 0 Å². The number of aromatic nitrogens is 1. The number of hydrogen-bond acceptors (Lipinski definition) is 5. The van der Waals surface area contributed by atoms with Gasteiger partial charge >= 0.3 is 13.8 Å². The predicted molar refractivity (Wildman–Crippen MR) is 62.7 cm³/mol. The lowest BCUT2D eigenvalue weighted by atomic mass is 10.2. The molecule has 6 nitrogen and oxygen atoms in total. The predicted octanol–water partition coefficient (Wildman–Crippen LogP) is 1.33. The molecule has 0 bridgehead atoms. The van der Waals surface area contributed by atoms with Crippen LogP contribution in [0.4, 0.5) is 10.6 Å². The van der Waals surface area contributed by atoms with Crippen LogP contribution in [0.3, 0.4) is 0 Å². The van der Waals surface area contributed by atoms with E-state index in [1.807, 2.05) is 0 Å². The summed E-state index contributed by atoms with van der Waals surface area (Å²) in [6.07, 6.45) is 0.784. The summed E-state index contributed by atoms with van der Waals surface area (Å²) < 4.78 is 9.72. The SMILES string of the molecule is CC(C)(C)OC(=O)Nc1ccc(O[B]O)cn1. The van der Waals surface area contributed by atoms with Gasteiger partial charge in [-0.25, -0.2) is 9.78 Å². The third kappa shape index (κ3) is 5.21. The lowest BCUT2D eigenvalue weighted by Crippen LogP contribution is -2.27. The molecule has 17 heavy (non-hydrogen) atoms. The number of carbonyl (C=O) groups excluding carboxylic acids is 1. The van der Waals surface area contributed by atoms with E-state index in [9.17, 15) is 4.79 Å². The Labute approximate surface area is 100 Å². The number of amides is 1. The lowest BCUT2D eigenvalue weighted by Gasteiger charge is -2.19. The number of nitrogens with zero attached hydrogens (tertiary/aromatic N) is 1. The molecule has 0 aliphatic heterocycles. The molecule has 0 aromatic carbocycles. The molecular weight excluding hydrogens is 223 g/mol. The molecule has 1 amide bonds. The summed E-state index contributed by atoms with van der Waals surface area (Å²) in [5.74, 6) is 0.701. The standard InChI is InChI=1S/C10H14BN2O4/c1-10(2,3)16-9(14)13-8-5-4-7(6-12-8)17-11-15/h4-6,15H,1-3H3,(H,12,13,14). The first kappa shape index (κ1) is 13.3. The highest BCUT2D eigenvalue weighted by atomic mass is 16.6. The fraction of sp³-hybridized carbons (Fsp3) is 0.400. The van der Waals surface area contributed by atoms with Crippen LogP contribution in [0, 0.1) is 0 Å². The zero-order valence-corrected chi connectivity index (χ0v) is 9.93. The zero-order valence-electron chi connectivity index (χ0n) is 9.93. The minimum Gasteiger partial charge on any atom is -0.536 e. The van der Waals surface area contributed by atoms with Crippen molar-refractivity contribution < 1.29 is 19.2 Å². The van der Waals surface area contributed by atoms with Crippen molar-refractivity contribution in [2.24, 2.45) is 0 Å². The number of ether oxygens (including phenoxy) is 1. The van der Waals surface area contributed by atoms with Crippen molar-refractivity contribution in [3.05, 3.63) is 18.3 Å². The van der Waals surface area contributed by atoms with E-state index in [-0.39, 0.29) is 0 Å². The highest BCUT2D eigenvalue weighted by Crippen LogP contribution is 2.13. The first-order chi connectivity index (χ1) is 7.90. The van der Waals surface area contributed by atoms with Crippen molar-refractivity contribution in [1.82, 2.24) is 4.98 Å². The molecule has 1 aromatic heterocycles. The van der Waals surface area contributed by atoms with Gasteiger partial charge in [-0.2, -0.15) is 0 Å². The molecule has 2 N–H and O–H groups in total. The Morgan fingerprint density at radius 1 is 1.47 bits per heavy atom. The quantitative estimate of drug-likeness (QED) is 0.775. The third-order valence-corrected chi connectivity index (χ3v) is 1.55. The first-order valence-electron chi connectivity index (χ1n) is 4.99. The molecule has 0 saturated carbocycles. The van der Waals surface area contributed by atoms with Crippen molar-refractivity contribution in [2.75, 3.05) is 5.32 Å². The fourth-order valence-corrected chi connectivity index (χ4v) is 0.993. The monoisotopic (exact) mass is 237 g/mol. The molecule has 0 saturated heterocycles. The van der Waals surface area contributed by atoms with Crippen molar-refractivity contribution in [1.29, 1.82) is 0 Å². The van der Waals surface area contributed by atoms with Gasteiger partial charge in [-0.05, 0) is 32.9 Å². The second-order valence-corrected chi connectivity index (χ2v) is 4.23. The van der Waals surface area contributed by atoms with Gasteiger partial charge in [0.1, 0.15) is 17.2 Å². The maximum atomic E-state index is 11.4. The molecule has 0 unspecified atom stereocenters. The number of nitrogens with one attached hydrogen (secondary N) is 1. The van der Waals surface area contributed by atoms with Crippen molar-refractivity contribution in [3.63, 3.8) is 0 Å². The largest absolute Gasteiger partial charge is 0.569 e. The smallest absolute Gasteiger partial charge is 0.536 e. The Bertz CT molecular complexity index is 375. The molecule has 91 valence electrons. The van der Waals surface area contributed by atoms with E-state index < -0.39 is 11.7 Å². The Morgan fingerprint density at radius 2 is 2.18 bits per heavy atom. The molecule has 1 rings (SSSR count). The van der Waals surface area contributed by atoms with E-state index in [0.717, 1.165) is 0 Å². The van der Waals surface area contributed by atoms with Crippen molar-refractivity contribution in [2.45, 2.75) is 26.4 Å². The van der Waals surface area contributed by atoms with Gasteiger partial charge in [0.05, 0.1) is 6.20 Å². The molecule has 1 radical (unpaired) electrons. The zero-order chi connectivity index (χ0) is 12.9. The molecular formula is C10H14BN2O4. The summed E-state index contributed by atoms with van der Waals surface area (Å²) in [6, 6.07) is 3.08. The van der Waals surface area contributed by atoms with E-state index in [0.29, 0.717) is 19.3 Å². The molecule has 0 spiro atoms. The minimum atomic E-state index is -0.576. The van der Waals surface area contributed by atoms with E-state index in [1.165, 1.54) is 12.3 Å². The topological polar surface area (TPSA) is 80.7 Å². The van der Waals surface area contributed by atoms with Crippen LogP contribution in [0.15, 0.2) is 18.3 Å². The van der Waals surface area contributed by atoms with Crippen molar-refractivity contribution in [3.8, 4) is 5.75 Å². The number of hydrogen-bond donors (Lipinski definition) is 2. The highest BCUT2D eigenvalue weighted by molar-refractivity contribution is 6.17. The molecule has 1 heterocycles. The molecule has 7 heteroatoms. The summed E-state index contributed by atoms with van der Waals surface area (Å²) in [6.45, 7) is 5.32. The van der Waals surface area contributed by atoms with Gasteiger partial charge in [-0.15, -0.1) is 0 Å². The Kier molecular flexibility index (Phi) is 4.34. The van der Waals surface area contributed by atoms with Crippen molar-refractivity contribution >= 4 is 19.6 Å². The number of rotatable bonds is 3. The normalized spacial score (nSPS) is 10.6. The van der Waals surface area contributed by atoms with Crippen LogP contribution in [0.2, 0.25) is 0 Å². The molecule has 1 aromatic rings. The Hall–Kier alpha value is -1.76. The Balaban J connectivity index is 2.54. The van der Waals surface area contributed by atoms with Crippen LogP contribution in [0.1, 0.15) is 20.8 Å². The molecule has 0 aliphatic carbocycles. The van der Waals surface area contributed by atoms with Gasteiger partial charge in [0, 0.05) is 0 Å². The van der Waals surface area contributed by atoms with Crippen LogP contribution < -0.4 is 9.97 Å². The number of carbonyl (C=O) groups is 1. The van der Waals surface area contributed by atoms with Crippen LogP contribution in [-0.2, 0) is 4.74 Å². The van der Waals surface area contributed by atoms with E-state index >= 15 is 0 Å². The summed E-state index contributed by atoms with van der Waals surface area (Å²) in [5.41, 5.74) is -0.557. The third-order valence-electron chi connectivity index (χ3n) is 1.55. The average Bonchev–Trinajstić information content (AvgIpc) is 2.18. The second kappa shape index (κ2) is 5.54. The molecule has 0 fully saturated rings. The maximum Gasteiger partial charge on any atom is 0.569 e. The second-order valence-electron chi connectivity index (χ2n) is 4.23. The van der Waals surface area contributed by atoms with E-state index in [4.69, 9.17) is 9.76 Å². The van der Waals surface area contributed by atoms with Crippen LogP contribution in [-0.4, -0.2) is 29.4 Å². The van der Waals surface area contributed by atoms with Gasteiger partial charge in [-0.1, -0.05) is 0 Å². The highest BCUT2D eigenvalue weighted by Gasteiger charge is 2.16. The van der Waals surface area contributed by atoms with E-state index in [1.54, 1.807) is 26.8 Å². The summed E-state index contributed by atoms with van der Waals surface area (Å²) in [5, 5.41) is 10.9. The molecule has 0 aliphatic rings. The number of pyridine rings is 1. The van der Waals surface area contributed by atoms with Gasteiger partial charge in [-0.3, -0.25) is 5.32 Å². The Morgan fingerprint density at radius 3 is 2.65 bits per heavy atom. The van der Waals surface area contributed by atoms with Gasteiger partial charge in [0.2, 0.25) is 0 Å². The first-order valence-corrected chi connectivity index (χ1v) is 4.99. The summed E-state index contributed by atoms with van der Waals surface area (Å²) >= 11 is 0. The summed E-state index contributed by atoms with van der Waals surface area (Å²) in [4.78, 5) is 15.3. The van der Waals surface area contributed by atoms with Crippen LogP contribution >= 0.6 is 0 Å². The molecule has 0 atom stereocenters. The van der Waals surface area contributed by atoms with E-state index in [2.05, 4.69) is 15.0 Å².